The number of aryl methyl sites for hydroxylation is 1. The topological polar surface area (TPSA) is 35.0 Å². The van der Waals surface area contributed by atoms with Crippen molar-refractivity contribution in [3.63, 3.8) is 0 Å². The Labute approximate surface area is 238 Å². The third kappa shape index (κ3) is 7.35. The third-order valence-electron chi connectivity index (χ3n) is 5.57. The standard InChI is InChI=1S/C31H15F9N2O/c1-2-3-4-19-15-41-28(42-16-19)8-6-18-9-24(34)29(25(35)10-18)31(39,40)43-20-13-22(32)21(23(33)14-20)7-5-17-11-26(36)30(38)27(37)12-17/h2,9-16H,1,3-4H2. The SMILES string of the molecule is C=CCCc1cnc(C#Cc2cc(F)c(C(F)(F)Oc3cc(F)c(C#Cc4cc(F)c(F)c(F)c4)c(F)c3)c(F)c2)nc1. The number of halogens is 9. The Hall–Kier alpha value is -5.23. The van der Waals surface area contributed by atoms with Gasteiger partial charge in [-0.25, -0.2) is 40.7 Å². The number of benzene rings is 3. The maximum absolute atomic E-state index is 14.8. The molecular weight excluding hydrogens is 587 g/mol. The van der Waals surface area contributed by atoms with Crippen LogP contribution in [0, 0.1) is 64.4 Å². The molecule has 12 heteroatoms. The Balaban J connectivity index is 1.55. The molecule has 0 aliphatic carbocycles. The second-order valence-electron chi connectivity index (χ2n) is 8.69. The molecule has 0 N–H and O–H groups in total. The second-order valence-corrected chi connectivity index (χ2v) is 8.69. The van der Waals surface area contributed by atoms with E-state index in [1.165, 1.54) is 12.4 Å². The first-order chi connectivity index (χ1) is 20.4. The van der Waals surface area contributed by atoms with Crippen LogP contribution < -0.4 is 4.74 Å². The number of aromatic nitrogens is 2. The Morgan fingerprint density at radius 1 is 0.698 bits per heavy atom. The zero-order chi connectivity index (χ0) is 31.3. The second kappa shape index (κ2) is 12.7. The van der Waals surface area contributed by atoms with Crippen molar-refractivity contribution in [1.29, 1.82) is 0 Å². The van der Waals surface area contributed by atoms with E-state index in [9.17, 15) is 39.5 Å². The minimum Gasteiger partial charge on any atom is -0.429 e. The van der Waals surface area contributed by atoms with Crippen molar-refractivity contribution in [1.82, 2.24) is 9.97 Å². The van der Waals surface area contributed by atoms with Crippen LogP contribution in [0.3, 0.4) is 0 Å². The summed E-state index contributed by atoms with van der Waals surface area (Å²) in [6, 6.07) is 2.45. The van der Waals surface area contributed by atoms with Crippen LogP contribution >= 0.6 is 0 Å². The molecule has 0 atom stereocenters. The summed E-state index contributed by atoms with van der Waals surface area (Å²) < 4.78 is 132. The minimum absolute atomic E-state index is 0.00934. The quantitative estimate of drug-likeness (QED) is 0.0993. The maximum Gasteiger partial charge on any atom is 0.432 e. The van der Waals surface area contributed by atoms with Gasteiger partial charge in [0.2, 0.25) is 5.82 Å². The molecule has 4 aromatic rings. The average Bonchev–Trinajstić information content (AvgIpc) is 2.93. The van der Waals surface area contributed by atoms with E-state index in [1.54, 1.807) is 6.08 Å². The first-order valence-corrected chi connectivity index (χ1v) is 12.0. The molecule has 0 fully saturated rings. The van der Waals surface area contributed by atoms with Gasteiger partial charge in [0.1, 0.15) is 34.6 Å². The lowest BCUT2D eigenvalue weighted by molar-refractivity contribution is -0.189. The smallest absolute Gasteiger partial charge is 0.429 e. The van der Waals surface area contributed by atoms with Crippen molar-refractivity contribution in [2.75, 3.05) is 0 Å². The van der Waals surface area contributed by atoms with Gasteiger partial charge in [-0.1, -0.05) is 23.8 Å². The van der Waals surface area contributed by atoms with Gasteiger partial charge < -0.3 is 4.74 Å². The number of alkyl halides is 2. The molecule has 0 aliphatic rings. The van der Waals surface area contributed by atoms with E-state index in [-0.39, 0.29) is 23.5 Å². The first-order valence-electron chi connectivity index (χ1n) is 12.0. The highest BCUT2D eigenvalue weighted by Crippen LogP contribution is 2.36. The highest BCUT2D eigenvalue weighted by Gasteiger charge is 2.41. The largest absolute Gasteiger partial charge is 0.432 e. The summed E-state index contributed by atoms with van der Waals surface area (Å²) in [5.74, 6) is -4.05. The molecule has 218 valence electrons. The molecule has 0 saturated heterocycles. The van der Waals surface area contributed by atoms with Crippen molar-refractivity contribution in [2.24, 2.45) is 0 Å². The predicted octanol–water partition coefficient (Wildman–Crippen LogP) is 7.50. The van der Waals surface area contributed by atoms with Crippen LogP contribution in [0.4, 0.5) is 39.5 Å². The highest BCUT2D eigenvalue weighted by atomic mass is 19.3. The van der Waals surface area contributed by atoms with Crippen LogP contribution in [0.2, 0.25) is 0 Å². The Kier molecular flexibility index (Phi) is 9.10. The normalized spacial score (nSPS) is 10.8. The number of hydrogen-bond acceptors (Lipinski definition) is 3. The number of ether oxygens (including phenoxy) is 1. The Morgan fingerprint density at radius 3 is 1.74 bits per heavy atom. The molecule has 0 bridgehead atoms. The molecule has 0 radical (unpaired) electrons. The molecule has 1 heterocycles. The molecule has 3 nitrogen and oxygen atoms in total. The predicted molar refractivity (Wildman–Crippen MR) is 136 cm³/mol. The highest BCUT2D eigenvalue weighted by molar-refractivity contribution is 5.47. The van der Waals surface area contributed by atoms with Crippen molar-refractivity contribution < 1.29 is 44.3 Å². The maximum atomic E-state index is 14.8. The van der Waals surface area contributed by atoms with Crippen LogP contribution in [0.1, 0.15) is 40.1 Å². The molecule has 0 spiro atoms. The van der Waals surface area contributed by atoms with Crippen LogP contribution in [0.15, 0.2) is 61.4 Å². The van der Waals surface area contributed by atoms with Gasteiger partial charge in [-0.3, -0.25) is 0 Å². The van der Waals surface area contributed by atoms with E-state index in [0.29, 0.717) is 37.1 Å². The molecule has 3 aromatic carbocycles. The van der Waals surface area contributed by atoms with Gasteiger partial charge in [0.05, 0.1) is 5.56 Å². The molecule has 0 amide bonds. The lowest BCUT2D eigenvalue weighted by atomic mass is 10.1. The van der Waals surface area contributed by atoms with Gasteiger partial charge in [-0.05, 0) is 48.6 Å². The Morgan fingerprint density at radius 2 is 1.21 bits per heavy atom. The molecule has 4 rings (SSSR count). The summed E-state index contributed by atoms with van der Waals surface area (Å²) in [6.07, 6.45) is 1.31. The fourth-order valence-electron chi connectivity index (χ4n) is 3.56. The Bertz CT molecular complexity index is 1760. The number of nitrogens with zero attached hydrogens (tertiary/aromatic N) is 2. The molecule has 0 saturated carbocycles. The van der Waals surface area contributed by atoms with Gasteiger partial charge >= 0.3 is 6.11 Å². The van der Waals surface area contributed by atoms with Crippen molar-refractivity contribution >= 4 is 0 Å². The van der Waals surface area contributed by atoms with Crippen LogP contribution in [-0.4, -0.2) is 9.97 Å². The van der Waals surface area contributed by atoms with E-state index in [2.05, 4.69) is 33.1 Å². The molecule has 43 heavy (non-hydrogen) atoms. The number of rotatable bonds is 6. The summed E-state index contributed by atoms with van der Waals surface area (Å²) in [7, 11) is 0. The van der Waals surface area contributed by atoms with Gasteiger partial charge in [-0.15, -0.1) is 6.58 Å². The van der Waals surface area contributed by atoms with E-state index in [1.807, 2.05) is 11.8 Å². The van der Waals surface area contributed by atoms with E-state index >= 15 is 0 Å². The summed E-state index contributed by atoms with van der Waals surface area (Å²) in [5.41, 5.74) is -2.89. The lowest BCUT2D eigenvalue weighted by Gasteiger charge is -2.20. The number of allylic oxidation sites excluding steroid dienone is 1. The fourth-order valence-corrected chi connectivity index (χ4v) is 3.56. The molecule has 0 aliphatic heterocycles. The van der Waals surface area contributed by atoms with E-state index in [0.717, 1.165) is 5.56 Å². The van der Waals surface area contributed by atoms with Crippen molar-refractivity contribution in [2.45, 2.75) is 19.0 Å². The van der Waals surface area contributed by atoms with Crippen LogP contribution in [0.5, 0.6) is 5.75 Å². The monoisotopic (exact) mass is 602 g/mol. The molecule has 0 unspecified atom stereocenters. The zero-order valence-electron chi connectivity index (χ0n) is 21.5. The van der Waals surface area contributed by atoms with E-state index in [4.69, 9.17) is 0 Å². The summed E-state index contributed by atoms with van der Waals surface area (Å²) in [5, 5.41) is 0. The third-order valence-corrected chi connectivity index (χ3v) is 5.57. The fraction of sp³-hybridized carbons (Fsp3) is 0.0968. The van der Waals surface area contributed by atoms with Gasteiger partial charge in [-0.2, -0.15) is 8.78 Å². The van der Waals surface area contributed by atoms with Crippen LogP contribution in [0.25, 0.3) is 0 Å². The average molecular weight is 602 g/mol. The number of hydrogen-bond donors (Lipinski definition) is 0. The zero-order valence-corrected chi connectivity index (χ0v) is 21.5. The molecular formula is C31H15F9N2O. The van der Waals surface area contributed by atoms with E-state index < -0.39 is 69.3 Å². The molecule has 1 aromatic heterocycles. The summed E-state index contributed by atoms with van der Waals surface area (Å²) >= 11 is 0. The van der Waals surface area contributed by atoms with Gasteiger partial charge in [0.15, 0.2) is 17.5 Å². The van der Waals surface area contributed by atoms with Crippen molar-refractivity contribution in [3.8, 4) is 29.4 Å². The first kappa shape index (κ1) is 30.7. The summed E-state index contributed by atoms with van der Waals surface area (Å²) in [6.45, 7) is 3.60. The van der Waals surface area contributed by atoms with Gasteiger partial charge in [0.25, 0.3) is 0 Å². The minimum atomic E-state index is -4.75. The van der Waals surface area contributed by atoms with Gasteiger partial charge in [0, 0.05) is 35.7 Å². The van der Waals surface area contributed by atoms with Crippen LogP contribution in [-0.2, 0) is 12.5 Å². The summed E-state index contributed by atoms with van der Waals surface area (Å²) in [4.78, 5) is 7.99. The lowest BCUT2D eigenvalue weighted by Crippen LogP contribution is -2.25. The van der Waals surface area contributed by atoms with Crippen molar-refractivity contribution in [3.05, 3.63) is 136 Å².